The van der Waals surface area contributed by atoms with Crippen LogP contribution in [0.4, 0.5) is 5.69 Å². The molecule has 1 amide bonds. The van der Waals surface area contributed by atoms with Gasteiger partial charge in [-0.15, -0.1) is 0 Å². The molecule has 1 aromatic carbocycles. The number of hydrogen-bond acceptors (Lipinski definition) is 3. The summed E-state index contributed by atoms with van der Waals surface area (Å²) >= 11 is 0. The lowest BCUT2D eigenvalue weighted by molar-refractivity contribution is 0.0949. The molecule has 0 saturated carbocycles. The SMILES string of the molecule is CCCCNc1ccc(C(=O)NCCc2ccccc2)nc1. The van der Waals surface area contributed by atoms with Crippen LogP contribution in [0.2, 0.25) is 0 Å². The summed E-state index contributed by atoms with van der Waals surface area (Å²) < 4.78 is 0. The Balaban J connectivity index is 1.77. The van der Waals surface area contributed by atoms with Crippen LogP contribution in [0.15, 0.2) is 48.7 Å². The van der Waals surface area contributed by atoms with E-state index < -0.39 is 0 Å². The number of hydrogen-bond donors (Lipinski definition) is 2. The maximum atomic E-state index is 12.0. The molecule has 0 aliphatic rings. The molecule has 4 heteroatoms. The van der Waals surface area contributed by atoms with E-state index in [1.54, 1.807) is 12.3 Å². The number of anilines is 1. The van der Waals surface area contributed by atoms with Crippen molar-refractivity contribution in [3.05, 3.63) is 59.9 Å². The molecule has 0 radical (unpaired) electrons. The molecule has 22 heavy (non-hydrogen) atoms. The molecule has 0 atom stereocenters. The number of amides is 1. The van der Waals surface area contributed by atoms with E-state index in [1.807, 2.05) is 24.3 Å². The lowest BCUT2D eigenvalue weighted by Crippen LogP contribution is -2.26. The Hall–Kier alpha value is -2.36. The topological polar surface area (TPSA) is 54.0 Å². The van der Waals surface area contributed by atoms with Crippen molar-refractivity contribution in [2.24, 2.45) is 0 Å². The van der Waals surface area contributed by atoms with E-state index in [4.69, 9.17) is 0 Å². The zero-order valence-corrected chi connectivity index (χ0v) is 13.0. The lowest BCUT2D eigenvalue weighted by atomic mass is 10.1. The molecule has 0 bridgehead atoms. The Morgan fingerprint density at radius 2 is 1.91 bits per heavy atom. The minimum atomic E-state index is -0.129. The number of carbonyl (C=O) groups excluding carboxylic acids is 1. The Morgan fingerprint density at radius 1 is 1.09 bits per heavy atom. The van der Waals surface area contributed by atoms with Gasteiger partial charge in [-0.25, -0.2) is 4.98 Å². The van der Waals surface area contributed by atoms with Crippen LogP contribution in [0.25, 0.3) is 0 Å². The van der Waals surface area contributed by atoms with Gasteiger partial charge in [0.25, 0.3) is 5.91 Å². The van der Waals surface area contributed by atoms with E-state index in [0.717, 1.165) is 31.5 Å². The zero-order valence-electron chi connectivity index (χ0n) is 13.0. The summed E-state index contributed by atoms with van der Waals surface area (Å²) in [7, 11) is 0. The van der Waals surface area contributed by atoms with Crippen LogP contribution in [-0.2, 0) is 6.42 Å². The predicted octanol–water partition coefficient (Wildman–Crippen LogP) is 3.27. The minimum Gasteiger partial charge on any atom is -0.384 e. The molecule has 1 aromatic heterocycles. The van der Waals surface area contributed by atoms with Crippen molar-refractivity contribution in [3.63, 3.8) is 0 Å². The smallest absolute Gasteiger partial charge is 0.269 e. The summed E-state index contributed by atoms with van der Waals surface area (Å²) in [6.07, 6.45) is 4.81. The van der Waals surface area contributed by atoms with Crippen molar-refractivity contribution in [1.29, 1.82) is 0 Å². The van der Waals surface area contributed by atoms with E-state index in [2.05, 4.69) is 34.7 Å². The largest absolute Gasteiger partial charge is 0.384 e. The molecule has 116 valence electrons. The molecule has 0 unspecified atom stereocenters. The monoisotopic (exact) mass is 297 g/mol. The van der Waals surface area contributed by atoms with Gasteiger partial charge in [0.1, 0.15) is 5.69 Å². The second-order valence-corrected chi connectivity index (χ2v) is 5.20. The van der Waals surface area contributed by atoms with Crippen LogP contribution >= 0.6 is 0 Å². The van der Waals surface area contributed by atoms with E-state index in [9.17, 15) is 4.79 Å². The van der Waals surface area contributed by atoms with Crippen molar-refractivity contribution in [3.8, 4) is 0 Å². The number of unbranched alkanes of at least 4 members (excludes halogenated alkanes) is 1. The highest BCUT2D eigenvalue weighted by molar-refractivity contribution is 5.92. The maximum absolute atomic E-state index is 12.0. The molecule has 0 aliphatic heterocycles. The highest BCUT2D eigenvalue weighted by Crippen LogP contribution is 2.06. The lowest BCUT2D eigenvalue weighted by Gasteiger charge is -2.07. The normalized spacial score (nSPS) is 10.2. The van der Waals surface area contributed by atoms with E-state index in [0.29, 0.717) is 12.2 Å². The first-order chi connectivity index (χ1) is 10.8. The number of pyridine rings is 1. The van der Waals surface area contributed by atoms with E-state index >= 15 is 0 Å². The summed E-state index contributed by atoms with van der Waals surface area (Å²) in [5.74, 6) is -0.129. The first-order valence-corrected chi connectivity index (χ1v) is 7.81. The Bertz CT molecular complexity index is 567. The summed E-state index contributed by atoms with van der Waals surface area (Å²) in [5.41, 5.74) is 2.62. The molecule has 2 aromatic rings. The first kappa shape index (κ1) is 16.0. The third kappa shape index (κ3) is 5.20. The van der Waals surface area contributed by atoms with Gasteiger partial charge < -0.3 is 10.6 Å². The van der Waals surface area contributed by atoms with Gasteiger partial charge >= 0.3 is 0 Å². The molecule has 1 heterocycles. The van der Waals surface area contributed by atoms with Crippen LogP contribution in [0.3, 0.4) is 0 Å². The van der Waals surface area contributed by atoms with Crippen molar-refractivity contribution in [2.75, 3.05) is 18.4 Å². The number of nitrogens with zero attached hydrogens (tertiary/aromatic N) is 1. The predicted molar refractivity (Wildman–Crippen MR) is 90.1 cm³/mol. The van der Waals surface area contributed by atoms with Crippen molar-refractivity contribution >= 4 is 11.6 Å². The molecule has 0 spiro atoms. The Morgan fingerprint density at radius 3 is 2.59 bits per heavy atom. The summed E-state index contributed by atoms with van der Waals surface area (Å²) in [6, 6.07) is 13.8. The Labute approximate surface area is 132 Å². The van der Waals surface area contributed by atoms with Gasteiger partial charge in [0.05, 0.1) is 11.9 Å². The van der Waals surface area contributed by atoms with Crippen LogP contribution in [-0.4, -0.2) is 24.0 Å². The van der Waals surface area contributed by atoms with Crippen LogP contribution < -0.4 is 10.6 Å². The van der Waals surface area contributed by atoms with Crippen molar-refractivity contribution in [2.45, 2.75) is 26.2 Å². The molecular formula is C18H23N3O. The highest BCUT2D eigenvalue weighted by atomic mass is 16.1. The van der Waals surface area contributed by atoms with Gasteiger partial charge in [0, 0.05) is 13.1 Å². The van der Waals surface area contributed by atoms with Gasteiger partial charge in [-0.2, -0.15) is 0 Å². The quantitative estimate of drug-likeness (QED) is 0.735. The molecule has 0 fully saturated rings. The molecule has 0 saturated heterocycles. The number of nitrogens with one attached hydrogen (secondary N) is 2. The fourth-order valence-corrected chi connectivity index (χ4v) is 2.10. The highest BCUT2D eigenvalue weighted by Gasteiger charge is 2.06. The average Bonchev–Trinajstić information content (AvgIpc) is 2.56. The van der Waals surface area contributed by atoms with Gasteiger partial charge in [-0.05, 0) is 30.5 Å². The number of benzene rings is 1. The third-order valence-electron chi connectivity index (χ3n) is 3.40. The summed E-state index contributed by atoms with van der Waals surface area (Å²) in [4.78, 5) is 16.2. The fourth-order valence-electron chi connectivity index (χ4n) is 2.10. The third-order valence-corrected chi connectivity index (χ3v) is 3.40. The average molecular weight is 297 g/mol. The number of aromatic nitrogens is 1. The number of rotatable bonds is 8. The first-order valence-electron chi connectivity index (χ1n) is 7.81. The van der Waals surface area contributed by atoms with Gasteiger partial charge in [0.2, 0.25) is 0 Å². The van der Waals surface area contributed by atoms with Crippen LogP contribution in [0.1, 0.15) is 35.8 Å². The fraction of sp³-hybridized carbons (Fsp3) is 0.333. The maximum Gasteiger partial charge on any atom is 0.269 e. The van der Waals surface area contributed by atoms with Gasteiger partial charge in [-0.3, -0.25) is 4.79 Å². The van der Waals surface area contributed by atoms with Crippen molar-refractivity contribution < 1.29 is 4.79 Å². The van der Waals surface area contributed by atoms with Gasteiger partial charge in [0.15, 0.2) is 0 Å². The zero-order chi connectivity index (χ0) is 15.6. The number of carbonyl (C=O) groups is 1. The molecule has 2 rings (SSSR count). The Kier molecular flexibility index (Phi) is 6.42. The van der Waals surface area contributed by atoms with E-state index in [1.165, 1.54) is 5.56 Å². The van der Waals surface area contributed by atoms with Crippen LogP contribution in [0.5, 0.6) is 0 Å². The second kappa shape index (κ2) is 8.82. The van der Waals surface area contributed by atoms with Crippen LogP contribution in [0, 0.1) is 0 Å². The molecule has 4 nitrogen and oxygen atoms in total. The molecule has 2 N–H and O–H groups in total. The second-order valence-electron chi connectivity index (χ2n) is 5.20. The van der Waals surface area contributed by atoms with Gasteiger partial charge in [-0.1, -0.05) is 43.7 Å². The molecular weight excluding hydrogens is 274 g/mol. The van der Waals surface area contributed by atoms with E-state index in [-0.39, 0.29) is 5.91 Å². The summed E-state index contributed by atoms with van der Waals surface area (Å²) in [5, 5.41) is 6.18. The minimum absolute atomic E-state index is 0.129. The summed E-state index contributed by atoms with van der Waals surface area (Å²) in [6.45, 7) is 3.70. The van der Waals surface area contributed by atoms with Crippen molar-refractivity contribution in [1.82, 2.24) is 10.3 Å². The molecule has 0 aliphatic carbocycles. The standard InChI is InChI=1S/C18H23N3O/c1-2-3-12-19-16-9-10-17(21-14-16)18(22)20-13-11-15-7-5-4-6-8-15/h4-10,14,19H,2-3,11-13H2,1H3,(H,20,22).